The van der Waals surface area contributed by atoms with E-state index in [1.807, 2.05) is 0 Å². The van der Waals surface area contributed by atoms with Gasteiger partial charge in [0.25, 0.3) is 0 Å². The molecular weight excluding hydrogens is 198 g/mol. The van der Waals surface area contributed by atoms with Gasteiger partial charge >= 0.3 is 0 Å². The number of nitrogens with zero attached hydrogens (tertiary/aromatic N) is 1. The molecule has 0 radical (unpaired) electrons. The maximum Gasteiger partial charge on any atom is 0.0431 e. The summed E-state index contributed by atoms with van der Waals surface area (Å²) in [5.41, 5.74) is 0. The van der Waals surface area contributed by atoms with Crippen molar-refractivity contribution in [3.8, 4) is 0 Å². The van der Waals surface area contributed by atoms with E-state index < -0.39 is 0 Å². The largest absolute Gasteiger partial charge is 0.396 e. The zero-order valence-corrected chi connectivity index (χ0v) is 10.3. The van der Waals surface area contributed by atoms with Gasteiger partial charge in [0, 0.05) is 19.2 Å². The highest BCUT2D eigenvalue weighted by molar-refractivity contribution is 4.93. The van der Waals surface area contributed by atoms with Crippen LogP contribution in [0.3, 0.4) is 0 Å². The molecule has 92 valence electrons. The average Bonchev–Trinajstić information content (AvgIpc) is 3.13. The van der Waals surface area contributed by atoms with Gasteiger partial charge in [-0.2, -0.15) is 0 Å². The Hall–Kier alpha value is -0.340. The maximum atomic E-state index is 8.83. The molecule has 1 fully saturated rings. The van der Waals surface area contributed by atoms with Crippen LogP contribution in [0.1, 0.15) is 44.9 Å². The Bertz CT molecular complexity index is 223. The summed E-state index contributed by atoms with van der Waals surface area (Å²) >= 11 is 0. The summed E-state index contributed by atoms with van der Waals surface area (Å²) in [4.78, 5) is 2.68. The van der Waals surface area contributed by atoms with Gasteiger partial charge in [-0.3, -0.25) is 0 Å². The van der Waals surface area contributed by atoms with E-state index in [-0.39, 0.29) is 0 Å². The van der Waals surface area contributed by atoms with Crippen LogP contribution in [0.25, 0.3) is 0 Å². The lowest BCUT2D eigenvalue weighted by molar-refractivity contribution is 0.200. The summed E-state index contributed by atoms with van der Waals surface area (Å²) in [6, 6.07) is 0.879. The Morgan fingerprint density at radius 1 is 1.12 bits per heavy atom. The van der Waals surface area contributed by atoms with E-state index in [9.17, 15) is 0 Å². The lowest BCUT2D eigenvalue weighted by atomic mass is 9.94. The van der Waals surface area contributed by atoms with E-state index in [2.05, 4.69) is 17.1 Å². The minimum Gasteiger partial charge on any atom is -0.396 e. The van der Waals surface area contributed by atoms with Gasteiger partial charge in [0.05, 0.1) is 0 Å². The van der Waals surface area contributed by atoms with Crippen molar-refractivity contribution in [3.05, 3.63) is 12.2 Å². The number of aliphatic hydroxyl groups excluding tert-OH is 1. The summed E-state index contributed by atoms with van der Waals surface area (Å²) in [6.45, 7) is 2.84. The van der Waals surface area contributed by atoms with E-state index in [1.165, 1.54) is 45.2 Å². The molecule has 1 N–H and O–H groups in total. The molecule has 2 rings (SSSR count). The molecular formula is C14H25NO. The zero-order chi connectivity index (χ0) is 11.2. The molecule has 1 unspecified atom stereocenters. The minimum absolute atomic E-state index is 0.352. The van der Waals surface area contributed by atoms with Gasteiger partial charge in [0.2, 0.25) is 0 Å². The molecule has 0 aliphatic heterocycles. The predicted octanol–water partition coefficient (Wildman–Crippen LogP) is 2.58. The number of unbranched alkanes of at least 4 members (excludes halogenated alkanes) is 1. The average molecular weight is 223 g/mol. The second kappa shape index (κ2) is 6.41. The molecule has 0 amide bonds. The second-order valence-corrected chi connectivity index (χ2v) is 5.31. The summed E-state index contributed by atoms with van der Waals surface area (Å²) < 4.78 is 0. The first-order valence-electron chi connectivity index (χ1n) is 6.90. The maximum absolute atomic E-state index is 8.83. The van der Waals surface area contributed by atoms with Crippen molar-refractivity contribution >= 4 is 0 Å². The van der Waals surface area contributed by atoms with E-state index in [0.29, 0.717) is 6.61 Å². The third-order valence-corrected chi connectivity index (χ3v) is 3.79. The molecule has 2 aliphatic carbocycles. The first-order valence-corrected chi connectivity index (χ1v) is 6.90. The number of hydrogen-bond donors (Lipinski definition) is 1. The van der Waals surface area contributed by atoms with Gasteiger partial charge in [0.15, 0.2) is 0 Å². The van der Waals surface area contributed by atoms with Crippen LogP contribution in [0.15, 0.2) is 12.2 Å². The lowest BCUT2D eigenvalue weighted by Gasteiger charge is -2.28. The Balaban J connectivity index is 1.71. The van der Waals surface area contributed by atoms with Gasteiger partial charge in [0.1, 0.15) is 0 Å². The Morgan fingerprint density at radius 2 is 2.00 bits per heavy atom. The van der Waals surface area contributed by atoms with Crippen LogP contribution in [0.5, 0.6) is 0 Å². The van der Waals surface area contributed by atoms with E-state index in [0.717, 1.165) is 24.8 Å². The molecule has 2 aliphatic rings. The van der Waals surface area contributed by atoms with Crippen LogP contribution >= 0.6 is 0 Å². The van der Waals surface area contributed by atoms with Gasteiger partial charge in [-0.05, 0) is 57.4 Å². The van der Waals surface area contributed by atoms with Crippen LogP contribution in [0, 0.1) is 5.92 Å². The van der Waals surface area contributed by atoms with Gasteiger partial charge in [-0.25, -0.2) is 0 Å². The topological polar surface area (TPSA) is 23.5 Å². The van der Waals surface area contributed by atoms with Gasteiger partial charge < -0.3 is 10.0 Å². The van der Waals surface area contributed by atoms with Crippen LogP contribution in [-0.4, -0.2) is 35.7 Å². The molecule has 0 bridgehead atoms. The van der Waals surface area contributed by atoms with Gasteiger partial charge in [-0.15, -0.1) is 0 Å². The van der Waals surface area contributed by atoms with E-state index in [1.54, 1.807) is 0 Å². The summed E-state index contributed by atoms with van der Waals surface area (Å²) in [6.07, 6.45) is 13.5. The zero-order valence-electron chi connectivity index (χ0n) is 10.3. The van der Waals surface area contributed by atoms with Crippen LogP contribution in [0.4, 0.5) is 0 Å². The molecule has 0 saturated heterocycles. The Morgan fingerprint density at radius 3 is 2.62 bits per heavy atom. The highest BCUT2D eigenvalue weighted by Crippen LogP contribution is 2.30. The van der Waals surface area contributed by atoms with Crippen molar-refractivity contribution in [2.24, 2.45) is 5.92 Å². The second-order valence-electron chi connectivity index (χ2n) is 5.31. The molecule has 0 spiro atoms. The fourth-order valence-electron chi connectivity index (χ4n) is 2.64. The molecule has 0 aromatic rings. The summed E-state index contributed by atoms with van der Waals surface area (Å²) in [5.74, 6) is 0.889. The number of allylic oxidation sites excluding steroid dienone is 2. The van der Waals surface area contributed by atoms with Crippen molar-refractivity contribution in [2.45, 2.75) is 51.0 Å². The first-order chi connectivity index (χ1) is 7.90. The van der Waals surface area contributed by atoms with E-state index >= 15 is 0 Å². The molecule has 2 nitrogen and oxygen atoms in total. The molecule has 1 atom stereocenters. The summed E-state index contributed by atoms with van der Waals surface area (Å²) in [5, 5.41) is 8.83. The number of hydrogen-bond acceptors (Lipinski definition) is 2. The van der Waals surface area contributed by atoms with Crippen molar-refractivity contribution in [2.75, 3.05) is 19.7 Å². The molecule has 0 heterocycles. The summed E-state index contributed by atoms with van der Waals surface area (Å²) in [7, 11) is 0. The Kier molecular flexibility index (Phi) is 4.86. The highest BCUT2D eigenvalue weighted by atomic mass is 16.2. The fraction of sp³-hybridized carbons (Fsp3) is 0.857. The molecule has 2 heteroatoms. The third-order valence-electron chi connectivity index (χ3n) is 3.79. The quantitative estimate of drug-likeness (QED) is 0.530. The van der Waals surface area contributed by atoms with Gasteiger partial charge in [-0.1, -0.05) is 12.2 Å². The molecule has 0 aromatic carbocycles. The van der Waals surface area contributed by atoms with Crippen molar-refractivity contribution in [1.29, 1.82) is 0 Å². The van der Waals surface area contributed by atoms with Crippen LogP contribution in [0.2, 0.25) is 0 Å². The minimum atomic E-state index is 0.352. The molecule has 16 heavy (non-hydrogen) atoms. The third kappa shape index (κ3) is 3.91. The smallest absolute Gasteiger partial charge is 0.0431 e. The molecule has 0 aromatic heterocycles. The molecule has 1 saturated carbocycles. The highest BCUT2D eigenvalue weighted by Gasteiger charge is 2.29. The number of aliphatic hydroxyl groups is 1. The monoisotopic (exact) mass is 223 g/mol. The first kappa shape index (κ1) is 12.1. The van der Waals surface area contributed by atoms with E-state index in [4.69, 9.17) is 5.11 Å². The normalized spacial score (nSPS) is 25.2. The van der Waals surface area contributed by atoms with Crippen molar-refractivity contribution in [1.82, 2.24) is 4.90 Å². The van der Waals surface area contributed by atoms with Crippen molar-refractivity contribution in [3.63, 3.8) is 0 Å². The number of rotatable bonds is 7. The predicted molar refractivity (Wildman–Crippen MR) is 67.4 cm³/mol. The standard InChI is InChI=1S/C14H25NO/c16-11-5-4-10-15(14-8-9-14)12-13-6-2-1-3-7-13/h1-2,13-14,16H,3-12H2. The Labute approximate surface area is 99.3 Å². The van der Waals surface area contributed by atoms with Crippen LogP contribution in [-0.2, 0) is 0 Å². The fourth-order valence-corrected chi connectivity index (χ4v) is 2.64. The SMILES string of the molecule is OCCCCN(CC1CC=CCC1)C1CC1. The lowest BCUT2D eigenvalue weighted by Crippen LogP contribution is -2.33. The van der Waals surface area contributed by atoms with Crippen molar-refractivity contribution < 1.29 is 5.11 Å². The van der Waals surface area contributed by atoms with Crippen LogP contribution < -0.4 is 0 Å².